The van der Waals surface area contributed by atoms with Crippen LogP contribution in [0.4, 0.5) is 0 Å². The number of rotatable bonds is 6. The standard InChI is InChI=1S/C28H22N4O3/c1-35-24-13-11-19(12-14-24)27-22(18-32(31-27)23-9-3-2-4-10-23)17-29-30-28(34)25-15-20-7-5-6-8-21(20)16-26(25)33/h2-18,33H,1H3,(H,30,34). The van der Waals surface area contributed by atoms with Gasteiger partial charge in [-0.1, -0.05) is 42.5 Å². The summed E-state index contributed by atoms with van der Waals surface area (Å²) in [5.74, 6) is 0.132. The maximum absolute atomic E-state index is 12.7. The summed E-state index contributed by atoms with van der Waals surface area (Å²) in [6.45, 7) is 0. The Labute approximate surface area is 201 Å². The van der Waals surface area contributed by atoms with Crippen molar-refractivity contribution in [3.05, 3.63) is 108 Å². The van der Waals surface area contributed by atoms with Gasteiger partial charge in [-0.05, 0) is 59.3 Å². The molecule has 0 spiro atoms. The quantitative estimate of drug-likeness (QED) is 0.269. The molecule has 35 heavy (non-hydrogen) atoms. The third kappa shape index (κ3) is 4.60. The monoisotopic (exact) mass is 462 g/mol. The number of amides is 1. The second-order valence-corrected chi connectivity index (χ2v) is 7.86. The van der Waals surface area contributed by atoms with E-state index in [2.05, 4.69) is 10.5 Å². The molecule has 5 rings (SSSR count). The van der Waals surface area contributed by atoms with E-state index in [1.165, 1.54) is 0 Å². The highest BCUT2D eigenvalue weighted by molar-refractivity contribution is 6.02. The second kappa shape index (κ2) is 9.52. The van der Waals surface area contributed by atoms with Crippen molar-refractivity contribution in [3.63, 3.8) is 0 Å². The molecule has 0 unspecified atom stereocenters. The van der Waals surface area contributed by atoms with E-state index in [1.807, 2.05) is 85.1 Å². The molecule has 5 aromatic rings. The number of benzene rings is 4. The van der Waals surface area contributed by atoms with E-state index >= 15 is 0 Å². The molecule has 0 radical (unpaired) electrons. The van der Waals surface area contributed by atoms with Gasteiger partial charge in [0.25, 0.3) is 5.91 Å². The topological polar surface area (TPSA) is 88.7 Å². The number of hydrogen-bond donors (Lipinski definition) is 2. The lowest BCUT2D eigenvalue weighted by Gasteiger charge is -2.05. The van der Waals surface area contributed by atoms with Gasteiger partial charge in [0, 0.05) is 17.3 Å². The van der Waals surface area contributed by atoms with Gasteiger partial charge in [-0.2, -0.15) is 10.2 Å². The third-order valence-electron chi connectivity index (χ3n) is 5.61. The molecule has 0 bridgehead atoms. The van der Waals surface area contributed by atoms with E-state index in [-0.39, 0.29) is 11.3 Å². The van der Waals surface area contributed by atoms with E-state index in [9.17, 15) is 9.90 Å². The first-order valence-corrected chi connectivity index (χ1v) is 11.0. The van der Waals surface area contributed by atoms with Crippen LogP contribution in [0.1, 0.15) is 15.9 Å². The minimum Gasteiger partial charge on any atom is -0.507 e. The van der Waals surface area contributed by atoms with Crippen LogP contribution in [0.5, 0.6) is 11.5 Å². The Morgan fingerprint density at radius 2 is 1.66 bits per heavy atom. The number of hydrazone groups is 1. The first kappa shape index (κ1) is 21.9. The number of aromatic hydroxyl groups is 1. The first-order chi connectivity index (χ1) is 17.1. The fourth-order valence-corrected chi connectivity index (χ4v) is 3.80. The summed E-state index contributed by atoms with van der Waals surface area (Å²) in [6, 6.07) is 28.0. The van der Waals surface area contributed by atoms with Gasteiger partial charge in [0.05, 0.1) is 24.6 Å². The summed E-state index contributed by atoms with van der Waals surface area (Å²) in [5.41, 5.74) is 5.84. The van der Waals surface area contributed by atoms with Crippen molar-refractivity contribution in [2.24, 2.45) is 5.10 Å². The van der Waals surface area contributed by atoms with Gasteiger partial charge in [-0.15, -0.1) is 0 Å². The minimum absolute atomic E-state index is 0.104. The number of methoxy groups -OCH3 is 1. The predicted molar refractivity (Wildman–Crippen MR) is 136 cm³/mol. The van der Waals surface area contributed by atoms with Crippen molar-refractivity contribution >= 4 is 22.9 Å². The number of phenols is 1. The van der Waals surface area contributed by atoms with Crippen molar-refractivity contribution in [1.82, 2.24) is 15.2 Å². The van der Waals surface area contributed by atoms with Gasteiger partial charge >= 0.3 is 0 Å². The molecule has 1 aromatic heterocycles. The highest BCUT2D eigenvalue weighted by atomic mass is 16.5. The zero-order valence-electron chi connectivity index (χ0n) is 18.9. The van der Waals surface area contributed by atoms with Crippen molar-refractivity contribution in [2.45, 2.75) is 0 Å². The molecule has 0 aliphatic heterocycles. The summed E-state index contributed by atoms with van der Waals surface area (Å²) in [7, 11) is 1.62. The highest BCUT2D eigenvalue weighted by Gasteiger charge is 2.14. The molecule has 0 fully saturated rings. The molecule has 0 saturated carbocycles. The first-order valence-electron chi connectivity index (χ1n) is 11.0. The minimum atomic E-state index is -0.508. The number of aromatic nitrogens is 2. The third-order valence-corrected chi connectivity index (χ3v) is 5.61. The predicted octanol–water partition coefficient (Wildman–Crippen LogP) is 5.17. The zero-order valence-corrected chi connectivity index (χ0v) is 18.9. The van der Waals surface area contributed by atoms with Crippen LogP contribution < -0.4 is 10.2 Å². The Bertz CT molecular complexity index is 1520. The lowest BCUT2D eigenvalue weighted by molar-refractivity contribution is 0.0952. The second-order valence-electron chi connectivity index (χ2n) is 7.86. The van der Waals surface area contributed by atoms with Gasteiger partial charge in [-0.3, -0.25) is 4.79 Å². The smallest absolute Gasteiger partial charge is 0.275 e. The molecule has 172 valence electrons. The van der Waals surface area contributed by atoms with Crippen LogP contribution in [0.25, 0.3) is 27.7 Å². The van der Waals surface area contributed by atoms with E-state index in [4.69, 9.17) is 9.84 Å². The van der Waals surface area contributed by atoms with Crippen LogP contribution in [0.3, 0.4) is 0 Å². The van der Waals surface area contributed by atoms with Gasteiger partial charge in [0.2, 0.25) is 0 Å². The number of hydrogen-bond acceptors (Lipinski definition) is 5. The zero-order chi connectivity index (χ0) is 24.2. The molecule has 1 heterocycles. The summed E-state index contributed by atoms with van der Waals surface area (Å²) in [4.78, 5) is 12.7. The fraction of sp³-hybridized carbons (Fsp3) is 0.0357. The Morgan fingerprint density at radius 1 is 0.971 bits per heavy atom. The molecule has 7 heteroatoms. The Morgan fingerprint density at radius 3 is 2.37 bits per heavy atom. The lowest BCUT2D eigenvalue weighted by Crippen LogP contribution is -2.17. The fourth-order valence-electron chi connectivity index (χ4n) is 3.80. The molecule has 0 aliphatic rings. The maximum Gasteiger partial charge on any atom is 0.275 e. The van der Waals surface area contributed by atoms with Gasteiger partial charge < -0.3 is 9.84 Å². The molecular weight excluding hydrogens is 440 g/mol. The molecule has 4 aromatic carbocycles. The van der Waals surface area contributed by atoms with E-state index < -0.39 is 5.91 Å². The number of nitrogens with one attached hydrogen (secondary N) is 1. The number of phenolic OH excluding ortho intramolecular Hbond substituents is 1. The summed E-state index contributed by atoms with van der Waals surface area (Å²) in [6.07, 6.45) is 3.39. The molecule has 0 aliphatic carbocycles. The molecule has 2 N–H and O–H groups in total. The normalized spacial score (nSPS) is 11.1. The number of ether oxygens (including phenoxy) is 1. The van der Waals surface area contributed by atoms with Gasteiger partial charge in [0.1, 0.15) is 17.2 Å². The molecular formula is C28H22N4O3. The van der Waals surface area contributed by atoms with Crippen molar-refractivity contribution < 1.29 is 14.6 Å². The summed E-state index contributed by atoms with van der Waals surface area (Å²) < 4.78 is 7.02. The highest BCUT2D eigenvalue weighted by Crippen LogP contribution is 2.26. The van der Waals surface area contributed by atoms with Crippen molar-refractivity contribution in [2.75, 3.05) is 7.11 Å². The van der Waals surface area contributed by atoms with E-state index in [0.29, 0.717) is 11.3 Å². The van der Waals surface area contributed by atoms with Crippen LogP contribution in [-0.2, 0) is 0 Å². The molecule has 7 nitrogen and oxygen atoms in total. The summed E-state index contributed by atoms with van der Waals surface area (Å²) >= 11 is 0. The van der Waals surface area contributed by atoms with Crippen molar-refractivity contribution in [3.8, 4) is 28.4 Å². The number of fused-ring (bicyclic) bond motifs is 1. The van der Waals surface area contributed by atoms with Crippen LogP contribution >= 0.6 is 0 Å². The number of carbonyl (C=O) groups excluding carboxylic acids is 1. The largest absolute Gasteiger partial charge is 0.507 e. The van der Waals surface area contributed by atoms with Gasteiger partial charge in [-0.25, -0.2) is 10.1 Å². The Hall–Kier alpha value is -4.91. The van der Waals surface area contributed by atoms with Crippen LogP contribution in [0, 0.1) is 0 Å². The number of nitrogens with zero attached hydrogens (tertiary/aromatic N) is 3. The van der Waals surface area contributed by atoms with Gasteiger partial charge in [0.15, 0.2) is 0 Å². The number of para-hydroxylation sites is 1. The lowest BCUT2D eigenvalue weighted by atomic mass is 10.1. The average Bonchev–Trinajstić information content (AvgIpc) is 3.33. The van der Waals surface area contributed by atoms with Crippen LogP contribution in [0.15, 0.2) is 102 Å². The average molecular weight is 463 g/mol. The molecule has 0 saturated heterocycles. The SMILES string of the molecule is COc1ccc(-c2nn(-c3ccccc3)cc2C=NNC(=O)c2cc3ccccc3cc2O)cc1. The Balaban J connectivity index is 1.44. The Kier molecular flexibility index (Phi) is 5.96. The number of carbonyl (C=O) groups is 1. The molecule has 0 atom stereocenters. The van der Waals surface area contributed by atoms with E-state index in [1.54, 1.807) is 30.1 Å². The van der Waals surface area contributed by atoms with Crippen LogP contribution in [-0.4, -0.2) is 34.1 Å². The van der Waals surface area contributed by atoms with Crippen molar-refractivity contribution in [1.29, 1.82) is 0 Å². The maximum atomic E-state index is 12.7. The summed E-state index contributed by atoms with van der Waals surface area (Å²) in [5, 5.41) is 20.9. The van der Waals surface area contributed by atoms with E-state index in [0.717, 1.165) is 27.8 Å². The van der Waals surface area contributed by atoms with Crippen LogP contribution in [0.2, 0.25) is 0 Å². The molecule has 1 amide bonds.